The third-order valence-electron chi connectivity index (χ3n) is 3.91. The Balaban J connectivity index is 1.91. The van der Waals surface area contributed by atoms with E-state index in [9.17, 15) is 8.42 Å². The average molecular weight is 321 g/mol. The van der Waals surface area contributed by atoms with Crippen molar-refractivity contribution in [2.45, 2.75) is 25.7 Å². The molecule has 1 atom stereocenters. The zero-order chi connectivity index (χ0) is 15.7. The van der Waals surface area contributed by atoms with Crippen LogP contribution in [0.4, 0.5) is 0 Å². The lowest BCUT2D eigenvalue weighted by molar-refractivity contribution is 0.314. The molecule has 8 heteroatoms. The van der Waals surface area contributed by atoms with E-state index >= 15 is 0 Å². The molecule has 22 heavy (non-hydrogen) atoms. The van der Waals surface area contributed by atoms with E-state index in [1.807, 2.05) is 19.1 Å². The number of nitrogens with one attached hydrogen (secondary N) is 1. The van der Waals surface area contributed by atoms with Crippen LogP contribution in [-0.4, -0.2) is 52.2 Å². The van der Waals surface area contributed by atoms with Crippen LogP contribution in [0.2, 0.25) is 0 Å². The quantitative estimate of drug-likeness (QED) is 0.920. The highest BCUT2D eigenvalue weighted by molar-refractivity contribution is 7.88. The SMILES string of the molecule is Cc1nc(-c2ccn[nH]2)cc([C@H]2CCCN(S(C)(=O)=O)C2)n1. The number of rotatable bonds is 3. The Hall–Kier alpha value is -1.80. The van der Waals surface area contributed by atoms with Gasteiger partial charge in [-0.15, -0.1) is 0 Å². The van der Waals surface area contributed by atoms with Crippen molar-refractivity contribution in [3.63, 3.8) is 0 Å². The van der Waals surface area contributed by atoms with Gasteiger partial charge in [0.05, 0.1) is 17.6 Å². The number of sulfonamides is 1. The summed E-state index contributed by atoms with van der Waals surface area (Å²) in [6, 6.07) is 3.78. The molecule has 0 aromatic carbocycles. The van der Waals surface area contributed by atoms with E-state index in [2.05, 4.69) is 20.2 Å². The molecule has 1 saturated heterocycles. The Kier molecular flexibility index (Phi) is 3.96. The minimum absolute atomic E-state index is 0.104. The van der Waals surface area contributed by atoms with Crippen molar-refractivity contribution >= 4 is 10.0 Å². The lowest BCUT2D eigenvalue weighted by Gasteiger charge is -2.30. The maximum Gasteiger partial charge on any atom is 0.211 e. The predicted molar refractivity (Wildman–Crippen MR) is 82.7 cm³/mol. The Morgan fingerprint density at radius 1 is 1.36 bits per heavy atom. The van der Waals surface area contributed by atoms with Gasteiger partial charge < -0.3 is 0 Å². The Morgan fingerprint density at radius 2 is 2.18 bits per heavy atom. The minimum atomic E-state index is -3.16. The largest absolute Gasteiger partial charge is 0.276 e. The Morgan fingerprint density at radius 3 is 2.86 bits per heavy atom. The molecule has 0 unspecified atom stereocenters. The summed E-state index contributed by atoms with van der Waals surface area (Å²) in [6.45, 7) is 2.92. The molecule has 1 aliphatic rings. The summed E-state index contributed by atoms with van der Waals surface area (Å²) in [7, 11) is -3.16. The molecule has 0 spiro atoms. The van der Waals surface area contributed by atoms with Crippen LogP contribution >= 0.6 is 0 Å². The van der Waals surface area contributed by atoms with E-state index in [4.69, 9.17) is 0 Å². The first-order chi connectivity index (χ1) is 10.4. The van der Waals surface area contributed by atoms with Gasteiger partial charge in [0.15, 0.2) is 0 Å². The average Bonchev–Trinajstić information content (AvgIpc) is 3.00. The molecule has 118 valence electrons. The molecule has 0 aliphatic carbocycles. The maximum absolute atomic E-state index is 11.8. The lowest BCUT2D eigenvalue weighted by Crippen LogP contribution is -2.38. The molecule has 2 aromatic rings. The molecular weight excluding hydrogens is 302 g/mol. The third kappa shape index (κ3) is 3.17. The fourth-order valence-electron chi connectivity index (χ4n) is 2.82. The van der Waals surface area contributed by atoms with Gasteiger partial charge in [-0.25, -0.2) is 22.7 Å². The van der Waals surface area contributed by atoms with Gasteiger partial charge in [0.2, 0.25) is 10.0 Å². The molecule has 1 aliphatic heterocycles. The Bertz CT molecular complexity index is 758. The highest BCUT2D eigenvalue weighted by Crippen LogP contribution is 2.28. The van der Waals surface area contributed by atoms with Gasteiger partial charge in [0.1, 0.15) is 5.82 Å². The molecule has 0 radical (unpaired) electrons. The van der Waals surface area contributed by atoms with Crippen molar-refractivity contribution in [2.75, 3.05) is 19.3 Å². The van der Waals surface area contributed by atoms with Crippen LogP contribution in [0.25, 0.3) is 11.4 Å². The summed E-state index contributed by atoms with van der Waals surface area (Å²) in [6.07, 6.45) is 4.72. The summed E-state index contributed by atoms with van der Waals surface area (Å²) in [5.41, 5.74) is 2.52. The van der Waals surface area contributed by atoms with E-state index in [0.29, 0.717) is 18.9 Å². The number of hydrogen-bond donors (Lipinski definition) is 1. The molecule has 7 nitrogen and oxygen atoms in total. The van der Waals surface area contributed by atoms with E-state index < -0.39 is 10.0 Å². The number of H-pyrrole nitrogens is 1. The smallest absolute Gasteiger partial charge is 0.211 e. The molecule has 0 amide bonds. The highest BCUT2D eigenvalue weighted by atomic mass is 32.2. The number of hydrogen-bond acceptors (Lipinski definition) is 5. The zero-order valence-corrected chi connectivity index (χ0v) is 13.5. The molecule has 0 bridgehead atoms. The van der Waals surface area contributed by atoms with Crippen LogP contribution in [0.3, 0.4) is 0 Å². The number of aryl methyl sites for hydroxylation is 1. The second kappa shape index (κ2) is 5.77. The van der Waals surface area contributed by atoms with Crippen LogP contribution in [0.1, 0.15) is 30.3 Å². The lowest BCUT2D eigenvalue weighted by atomic mass is 9.95. The van der Waals surface area contributed by atoms with Crippen LogP contribution < -0.4 is 0 Å². The second-order valence-electron chi connectivity index (χ2n) is 5.66. The van der Waals surface area contributed by atoms with Crippen LogP contribution in [0, 0.1) is 6.92 Å². The van der Waals surface area contributed by atoms with Gasteiger partial charge in [-0.1, -0.05) is 0 Å². The summed E-state index contributed by atoms with van der Waals surface area (Å²) in [4.78, 5) is 8.94. The van der Waals surface area contributed by atoms with Gasteiger partial charge in [-0.05, 0) is 31.9 Å². The van der Waals surface area contributed by atoms with Crippen molar-refractivity contribution in [3.8, 4) is 11.4 Å². The van der Waals surface area contributed by atoms with E-state index in [1.165, 1.54) is 10.6 Å². The topological polar surface area (TPSA) is 91.8 Å². The van der Waals surface area contributed by atoms with Crippen molar-refractivity contribution in [3.05, 3.63) is 29.8 Å². The van der Waals surface area contributed by atoms with Crippen molar-refractivity contribution in [1.29, 1.82) is 0 Å². The molecule has 1 N–H and O–H groups in total. The molecular formula is C14H19N5O2S. The summed E-state index contributed by atoms with van der Waals surface area (Å²) in [5.74, 6) is 0.783. The predicted octanol–water partition coefficient (Wildman–Crippen LogP) is 1.31. The monoisotopic (exact) mass is 321 g/mol. The summed E-state index contributed by atoms with van der Waals surface area (Å²) < 4.78 is 25.1. The second-order valence-corrected chi connectivity index (χ2v) is 7.64. The van der Waals surface area contributed by atoms with E-state index in [1.54, 1.807) is 6.20 Å². The minimum Gasteiger partial charge on any atom is -0.276 e. The van der Waals surface area contributed by atoms with Crippen molar-refractivity contribution in [1.82, 2.24) is 24.5 Å². The van der Waals surface area contributed by atoms with Gasteiger partial charge in [0.25, 0.3) is 0 Å². The normalized spacial score (nSPS) is 20.2. The number of piperidine rings is 1. The van der Waals surface area contributed by atoms with Gasteiger partial charge in [-0.2, -0.15) is 5.10 Å². The first-order valence-corrected chi connectivity index (χ1v) is 9.09. The molecule has 0 saturated carbocycles. The number of aromatic nitrogens is 4. The zero-order valence-electron chi connectivity index (χ0n) is 12.7. The van der Waals surface area contributed by atoms with Gasteiger partial charge in [-0.3, -0.25) is 5.10 Å². The summed E-state index contributed by atoms with van der Waals surface area (Å²) >= 11 is 0. The van der Waals surface area contributed by atoms with Gasteiger partial charge in [0, 0.05) is 30.9 Å². The number of aromatic amines is 1. The molecule has 1 fully saturated rings. The number of nitrogens with zero attached hydrogens (tertiary/aromatic N) is 4. The maximum atomic E-state index is 11.8. The molecule has 2 aromatic heterocycles. The standard InChI is InChI=1S/C14H19N5O2S/c1-10-16-13(8-14(17-10)12-5-6-15-18-12)11-4-3-7-19(9-11)22(2,20)21/h5-6,8,11H,3-4,7,9H2,1-2H3,(H,15,18)/t11-/m0/s1. The Labute approximate surface area is 129 Å². The van der Waals surface area contributed by atoms with Gasteiger partial charge >= 0.3 is 0 Å². The van der Waals surface area contributed by atoms with Crippen LogP contribution in [0.15, 0.2) is 18.3 Å². The van der Waals surface area contributed by atoms with Crippen molar-refractivity contribution in [2.24, 2.45) is 0 Å². The van der Waals surface area contributed by atoms with Crippen LogP contribution in [-0.2, 0) is 10.0 Å². The third-order valence-corrected chi connectivity index (χ3v) is 5.18. The fraction of sp³-hybridized carbons (Fsp3) is 0.500. The van der Waals surface area contributed by atoms with Crippen LogP contribution in [0.5, 0.6) is 0 Å². The van der Waals surface area contributed by atoms with E-state index in [0.717, 1.165) is 29.9 Å². The fourth-order valence-corrected chi connectivity index (χ4v) is 3.73. The first-order valence-electron chi connectivity index (χ1n) is 7.24. The summed E-state index contributed by atoms with van der Waals surface area (Å²) in [5, 5.41) is 6.84. The molecule has 3 rings (SSSR count). The van der Waals surface area contributed by atoms with Crippen molar-refractivity contribution < 1.29 is 8.42 Å². The van der Waals surface area contributed by atoms with E-state index in [-0.39, 0.29) is 5.92 Å². The highest BCUT2D eigenvalue weighted by Gasteiger charge is 2.28. The first kappa shape index (κ1) is 15.1. The molecule has 3 heterocycles.